The van der Waals surface area contributed by atoms with E-state index in [-0.39, 0.29) is 11.1 Å². The molecule has 2 amide bonds. The lowest BCUT2D eigenvalue weighted by Gasteiger charge is -2.22. The van der Waals surface area contributed by atoms with Crippen LogP contribution in [0.1, 0.15) is 73.9 Å². The van der Waals surface area contributed by atoms with Gasteiger partial charge in [-0.05, 0) is 86.2 Å². The topological polar surface area (TPSA) is 42.3 Å². The van der Waals surface area contributed by atoms with Gasteiger partial charge in [-0.25, -0.2) is 0 Å². The normalized spacial score (nSPS) is 19.3. The van der Waals surface area contributed by atoms with Crippen LogP contribution in [-0.2, 0) is 4.79 Å². The summed E-state index contributed by atoms with van der Waals surface area (Å²) in [7, 11) is 0. The Balaban J connectivity index is 1.60. The summed E-state index contributed by atoms with van der Waals surface area (Å²) in [5, 5.41) is -0.166. The number of aryl methyl sites for hydroxylation is 1. The number of hydrogen-bond acceptors (Lipinski definition) is 3. The molecule has 0 radical (unpaired) electrons. The molecule has 1 saturated heterocycles. The van der Waals surface area contributed by atoms with Crippen molar-refractivity contribution in [3.05, 3.63) is 57.8 Å². The Morgan fingerprint density at radius 1 is 1.07 bits per heavy atom. The predicted molar refractivity (Wildman–Crippen MR) is 124 cm³/mol. The van der Waals surface area contributed by atoms with Crippen LogP contribution in [0.3, 0.4) is 0 Å². The fourth-order valence-corrected chi connectivity index (χ4v) is 5.58. The molecular formula is C25H30N2O2S. The number of benzene rings is 1. The number of imide groups is 1. The zero-order valence-electron chi connectivity index (χ0n) is 18.1. The van der Waals surface area contributed by atoms with E-state index in [1.54, 1.807) is 0 Å². The molecular weight excluding hydrogens is 392 g/mol. The van der Waals surface area contributed by atoms with E-state index in [1.807, 2.05) is 13.0 Å². The first-order chi connectivity index (χ1) is 14.5. The fourth-order valence-electron chi connectivity index (χ4n) is 4.72. The number of thioether (sulfide) groups is 1. The van der Waals surface area contributed by atoms with Crippen molar-refractivity contribution in [3.63, 3.8) is 0 Å². The average molecular weight is 423 g/mol. The molecule has 2 heterocycles. The Morgan fingerprint density at radius 3 is 2.43 bits per heavy atom. The smallest absolute Gasteiger partial charge is 0.293 e. The summed E-state index contributed by atoms with van der Waals surface area (Å²) in [6, 6.07) is 11.1. The number of carbonyl (C=O) groups is 2. The lowest BCUT2D eigenvalue weighted by Crippen LogP contribution is -2.28. The van der Waals surface area contributed by atoms with Crippen molar-refractivity contribution in [3.8, 4) is 5.69 Å². The van der Waals surface area contributed by atoms with Crippen molar-refractivity contribution < 1.29 is 9.59 Å². The molecule has 0 N–H and O–H groups in total. The Hall–Kier alpha value is -2.27. The first kappa shape index (κ1) is 21.0. The van der Waals surface area contributed by atoms with Gasteiger partial charge in [-0.15, -0.1) is 0 Å². The van der Waals surface area contributed by atoms with Crippen LogP contribution in [0.5, 0.6) is 0 Å². The minimum atomic E-state index is -0.173. The first-order valence-corrected chi connectivity index (χ1v) is 11.9. The van der Waals surface area contributed by atoms with E-state index in [0.29, 0.717) is 17.4 Å². The van der Waals surface area contributed by atoms with Crippen LogP contribution in [0.15, 0.2) is 35.2 Å². The summed E-state index contributed by atoms with van der Waals surface area (Å²) >= 11 is 1.04. The number of hydrogen-bond donors (Lipinski definition) is 0. The third-order valence-corrected chi connectivity index (χ3v) is 7.21. The number of carbonyl (C=O) groups excluding carboxylic acids is 2. The van der Waals surface area contributed by atoms with Gasteiger partial charge in [0, 0.05) is 23.6 Å². The van der Waals surface area contributed by atoms with Crippen LogP contribution in [-0.4, -0.2) is 27.2 Å². The van der Waals surface area contributed by atoms with Crippen molar-refractivity contribution in [2.75, 3.05) is 6.54 Å². The van der Waals surface area contributed by atoms with Gasteiger partial charge in [-0.1, -0.05) is 38.3 Å². The monoisotopic (exact) mass is 422 g/mol. The molecule has 2 fully saturated rings. The maximum atomic E-state index is 12.6. The Morgan fingerprint density at radius 2 is 1.77 bits per heavy atom. The second kappa shape index (κ2) is 8.84. The van der Waals surface area contributed by atoms with Crippen LogP contribution in [0.25, 0.3) is 11.8 Å². The second-order valence-corrected chi connectivity index (χ2v) is 9.41. The third-order valence-electron chi connectivity index (χ3n) is 6.31. The molecule has 4 nitrogen and oxygen atoms in total. The second-order valence-electron chi connectivity index (χ2n) is 8.42. The highest BCUT2D eigenvalue weighted by molar-refractivity contribution is 8.18. The standard InChI is InChI=1S/C25H30N2O2S/c1-4-14-26-24(28)23(30-25(26)29)16-21-15-17(2)27(18(21)3)22-12-10-20(11-13-22)19-8-6-5-7-9-19/h10-13,15-16,19H,4-9,14H2,1-3H3/b23-16-. The summed E-state index contributed by atoms with van der Waals surface area (Å²) < 4.78 is 2.23. The highest BCUT2D eigenvalue weighted by Crippen LogP contribution is 2.35. The molecule has 1 aliphatic carbocycles. The molecule has 1 saturated carbocycles. The lowest BCUT2D eigenvalue weighted by molar-refractivity contribution is -0.122. The van der Waals surface area contributed by atoms with Crippen molar-refractivity contribution in [2.24, 2.45) is 0 Å². The number of rotatable bonds is 5. The van der Waals surface area contributed by atoms with E-state index in [9.17, 15) is 9.59 Å². The first-order valence-electron chi connectivity index (χ1n) is 11.0. The molecule has 0 bridgehead atoms. The quantitative estimate of drug-likeness (QED) is 0.511. The Bertz CT molecular complexity index is 981. The van der Waals surface area contributed by atoms with E-state index < -0.39 is 0 Å². The molecule has 30 heavy (non-hydrogen) atoms. The fraction of sp³-hybridized carbons (Fsp3) is 0.440. The largest absolute Gasteiger partial charge is 0.318 e. The molecule has 1 aliphatic heterocycles. The molecule has 1 aromatic carbocycles. The van der Waals surface area contributed by atoms with Gasteiger partial charge < -0.3 is 4.57 Å². The van der Waals surface area contributed by atoms with E-state index in [4.69, 9.17) is 0 Å². The van der Waals surface area contributed by atoms with Gasteiger partial charge in [0.2, 0.25) is 0 Å². The summed E-state index contributed by atoms with van der Waals surface area (Å²) in [6.45, 7) is 6.61. The minimum absolute atomic E-state index is 0.166. The average Bonchev–Trinajstić information content (AvgIpc) is 3.18. The van der Waals surface area contributed by atoms with Crippen LogP contribution < -0.4 is 0 Å². The Kier molecular flexibility index (Phi) is 6.19. The van der Waals surface area contributed by atoms with E-state index in [1.165, 1.54) is 42.6 Å². The maximum Gasteiger partial charge on any atom is 0.293 e. The van der Waals surface area contributed by atoms with Crippen LogP contribution >= 0.6 is 11.8 Å². The zero-order chi connectivity index (χ0) is 21.3. The van der Waals surface area contributed by atoms with Crippen molar-refractivity contribution in [2.45, 2.75) is 65.2 Å². The summed E-state index contributed by atoms with van der Waals surface area (Å²) in [5.74, 6) is 0.530. The van der Waals surface area contributed by atoms with Gasteiger partial charge in [0.05, 0.1) is 4.91 Å². The third kappa shape index (κ3) is 4.00. The van der Waals surface area contributed by atoms with Crippen LogP contribution in [0, 0.1) is 13.8 Å². The highest BCUT2D eigenvalue weighted by Gasteiger charge is 2.34. The summed E-state index contributed by atoms with van der Waals surface area (Å²) in [6.07, 6.45) is 9.31. The van der Waals surface area contributed by atoms with Gasteiger partial charge >= 0.3 is 0 Å². The molecule has 0 spiro atoms. The van der Waals surface area contributed by atoms with Gasteiger partial charge in [0.15, 0.2) is 0 Å². The summed E-state index contributed by atoms with van der Waals surface area (Å²) in [5.41, 5.74) is 5.79. The molecule has 5 heteroatoms. The Labute approximate surface area is 183 Å². The van der Waals surface area contributed by atoms with Gasteiger partial charge in [-0.2, -0.15) is 0 Å². The minimum Gasteiger partial charge on any atom is -0.318 e. The number of nitrogens with zero attached hydrogens (tertiary/aromatic N) is 2. The lowest BCUT2D eigenvalue weighted by atomic mass is 9.84. The van der Waals surface area contributed by atoms with Gasteiger partial charge in [0.1, 0.15) is 0 Å². The SMILES string of the molecule is CCCN1C(=O)S/C(=C\c2cc(C)n(-c3ccc(C4CCCCC4)cc3)c2C)C1=O. The molecule has 0 unspecified atom stereocenters. The zero-order valence-corrected chi connectivity index (χ0v) is 18.9. The van der Waals surface area contributed by atoms with E-state index >= 15 is 0 Å². The van der Waals surface area contributed by atoms with Gasteiger partial charge in [-0.3, -0.25) is 14.5 Å². The molecule has 4 rings (SSSR count). The summed E-state index contributed by atoms with van der Waals surface area (Å²) in [4.78, 5) is 26.6. The molecule has 2 aromatic rings. The van der Waals surface area contributed by atoms with E-state index in [0.717, 1.165) is 40.8 Å². The molecule has 2 aliphatic rings. The predicted octanol–water partition coefficient (Wildman–Crippen LogP) is 6.59. The van der Waals surface area contributed by atoms with Crippen LogP contribution in [0.2, 0.25) is 0 Å². The maximum absolute atomic E-state index is 12.6. The molecule has 1 aromatic heterocycles. The van der Waals surface area contributed by atoms with Gasteiger partial charge in [0.25, 0.3) is 11.1 Å². The molecule has 158 valence electrons. The van der Waals surface area contributed by atoms with E-state index in [2.05, 4.69) is 48.7 Å². The van der Waals surface area contributed by atoms with Crippen molar-refractivity contribution in [1.82, 2.24) is 9.47 Å². The van der Waals surface area contributed by atoms with Crippen molar-refractivity contribution >= 4 is 29.0 Å². The molecule has 0 atom stereocenters. The van der Waals surface area contributed by atoms with Crippen molar-refractivity contribution in [1.29, 1.82) is 0 Å². The number of aromatic nitrogens is 1. The highest BCUT2D eigenvalue weighted by atomic mass is 32.2. The number of amides is 2. The van der Waals surface area contributed by atoms with Crippen LogP contribution in [0.4, 0.5) is 4.79 Å².